The first-order valence-electron chi connectivity index (χ1n) is 5.77. The van der Waals surface area contributed by atoms with Crippen LogP contribution in [0.2, 0.25) is 5.02 Å². The van der Waals surface area contributed by atoms with E-state index in [9.17, 15) is 15.0 Å². The second-order valence-electron chi connectivity index (χ2n) is 4.21. The van der Waals surface area contributed by atoms with E-state index in [-0.39, 0.29) is 17.0 Å². The lowest BCUT2D eigenvalue weighted by Gasteiger charge is -2.02. The maximum absolute atomic E-state index is 11.3. The molecular formula is C14H9ClN2O3. The molecule has 0 atom stereocenters. The fourth-order valence-electron chi connectivity index (χ4n) is 2.10. The van der Waals surface area contributed by atoms with Crippen molar-refractivity contribution >= 4 is 23.1 Å². The molecule has 0 saturated carbocycles. The molecule has 2 N–H and O–H groups in total. The van der Waals surface area contributed by atoms with Gasteiger partial charge < -0.3 is 10.2 Å². The summed E-state index contributed by atoms with van der Waals surface area (Å²) in [7, 11) is 0. The molecule has 1 aromatic carbocycles. The monoisotopic (exact) mass is 288 g/mol. The summed E-state index contributed by atoms with van der Waals surface area (Å²) in [5.74, 6) is -0.918. The van der Waals surface area contributed by atoms with Gasteiger partial charge in [0.2, 0.25) is 0 Å². The van der Waals surface area contributed by atoms with Crippen LogP contribution in [0.5, 0.6) is 5.75 Å². The van der Waals surface area contributed by atoms with E-state index in [1.807, 2.05) is 0 Å². The maximum atomic E-state index is 11.3. The number of nitrogens with zero attached hydrogens (tertiary/aromatic N) is 2. The molecule has 0 saturated heterocycles. The minimum Gasteiger partial charge on any atom is -0.506 e. The number of aromatic carboxylic acids is 1. The Bertz CT molecular complexity index is 826. The standard InChI is InChI=1S/C14H9ClN2O3/c15-9-4-1-3-8(7-9)13-16-11(14(19)20)12-10(18)5-2-6-17(12)13/h1-7,18H,(H,19,20). The highest BCUT2D eigenvalue weighted by Gasteiger charge is 2.20. The summed E-state index contributed by atoms with van der Waals surface area (Å²) in [6.07, 6.45) is 1.64. The van der Waals surface area contributed by atoms with Crippen LogP contribution >= 0.6 is 11.6 Å². The number of rotatable bonds is 2. The van der Waals surface area contributed by atoms with Crippen molar-refractivity contribution in [1.82, 2.24) is 9.38 Å². The first kappa shape index (κ1) is 12.5. The Morgan fingerprint density at radius 3 is 2.75 bits per heavy atom. The van der Waals surface area contributed by atoms with E-state index >= 15 is 0 Å². The minimum atomic E-state index is -1.20. The van der Waals surface area contributed by atoms with E-state index in [2.05, 4.69) is 4.98 Å². The Kier molecular flexibility index (Phi) is 2.84. The number of imidazole rings is 1. The fourth-order valence-corrected chi connectivity index (χ4v) is 2.29. The van der Waals surface area contributed by atoms with Gasteiger partial charge in [0.05, 0.1) is 0 Å². The van der Waals surface area contributed by atoms with Crippen molar-refractivity contribution in [2.45, 2.75) is 0 Å². The predicted molar refractivity (Wildman–Crippen MR) is 74.3 cm³/mol. The van der Waals surface area contributed by atoms with Crippen molar-refractivity contribution in [3.8, 4) is 17.1 Å². The van der Waals surface area contributed by atoms with Gasteiger partial charge in [-0.1, -0.05) is 23.7 Å². The Morgan fingerprint density at radius 2 is 2.05 bits per heavy atom. The molecule has 0 bridgehead atoms. The number of carbonyl (C=O) groups is 1. The molecule has 0 aliphatic rings. The Balaban J connectivity index is 2.38. The average molecular weight is 289 g/mol. The van der Waals surface area contributed by atoms with Crippen LogP contribution in [-0.2, 0) is 0 Å². The second kappa shape index (κ2) is 4.54. The fraction of sp³-hybridized carbons (Fsp3) is 0. The third-order valence-electron chi connectivity index (χ3n) is 2.93. The van der Waals surface area contributed by atoms with Gasteiger partial charge in [-0.05, 0) is 24.3 Å². The van der Waals surface area contributed by atoms with Crippen molar-refractivity contribution in [2.75, 3.05) is 0 Å². The lowest BCUT2D eigenvalue weighted by Crippen LogP contribution is -1.97. The number of aromatic hydroxyl groups is 1. The van der Waals surface area contributed by atoms with Gasteiger partial charge in [0.15, 0.2) is 5.69 Å². The van der Waals surface area contributed by atoms with E-state index < -0.39 is 5.97 Å². The van der Waals surface area contributed by atoms with Crippen molar-refractivity contribution in [2.24, 2.45) is 0 Å². The molecule has 5 nitrogen and oxygen atoms in total. The Hall–Kier alpha value is -2.53. The molecule has 0 aliphatic carbocycles. The highest BCUT2D eigenvalue weighted by molar-refractivity contribution is 6.30. The van der Waals surface area contributed by atoms with Gasteiger partial charge in [-0.2, -0.15) is 0 Å². The number of benzene rings is 1. The molecule has 0 radical (unpaired) electrons. The van der Waals surface area contributed by atoms with E-state index in [1.165, 1.54) is 10.5 Å². The highest BCUT2D eigenvalue weighted by Crippen LogP contribution is 2.29. The number of halogens is 1. The van der Waals surface area contributed by atoms with Crippen LogP contribution in [0.3, 0.4) is 0 Å². The van der Waals surface area contributed by atoms with Crippen molar-refractivity contribution in [3.63, 3.8) is 0 Å². The number of carboxylic acids is 1. The summed E-state index contributed by atoms with van der Waals surface area (Å²) in [6.45, 7) is 0. The van der Waals surface area contributed by atoms with E-state index in [0.717, 1.165) is 0 Å². The van der Waals surface area contributed by atoms with E-state index in [0.29, 0.717) is 16.4 Å². The lowest BCUT2D eigenvalue weighted by molar-refractivity contribution is 0.0693. The number of hydrogen-bond donors (Lipinski definition) is 2. The molecule has 0 unspecified atom stereocenters. The molecule has 0 fully saturated rings. The molecule has 3 rings (SSSR count). The molecule has 100 valence electrons. The zero-order valence-electron chi connectivity index (χ0n) is 10.1. The highest BCUT2D eigenvalue weighted by atomic mass is 35.5. The molecular weight excluding hydrogens is 280 g/mol. The molecule has 0 aliphatic heterocycles. The molecule has 3 aromatic rings. The largest absolute Gasteiger partial charge is 0.506 e. The normalized spacial score (nSPS) is 10.8. The molecule has 2 aromatic heterocycles. The first-order valence-corrected chi connectivity index (χ1v) is 6.15. The van der Waals surface area contributed by atoms with Gasteiger partial charge in [0.1, 0.15) is 17.1 Å². The number of pyridine rings is 1. The van der Waals surface area contributed by atoms with E-state index in [1.54, 1.807) is 36.5 Å². The van der Waals surface area contributed by atoms with Gasteiger partial charge in [-0.25, -0.2) is 9.78 Å². The number of fused-ring (bicyclic) bond motifs is 1. The molecule has 2 heterocycles. The topological polar surface area (TPSA) is 74.8 Å². The van der Waals surface area contributed by atoms with Crippen molar-refractivity contribution in [3.05, 3.63) is 53.3 Å². The van der Waals surface area contributed by atoms with Crippen LogP contribution in [0.15, 0.2) is 42.6 Å². The zero-order valence-corrected chi connectivity index (χ0v) is 10.9. The zero-order chi connectivity index (χ0) is 14.3. The summed E-state index contributed by atoms with van der Waals surface area (Å²) >= 11 is 5.94. The SMILES string of the molecule is O=C(O)c1nc(-c2cccc(Cl)c2)n2cccc(O)c12. The lowest BCUT2D eigenvalue weighted by atomic mass is 10.2. The van der Waals surface area contributed by atoms with E-state index in [4.69, 9.17) is 11.6 Å². The van der Waals surface area contributed by atoms with Crippen LogP contribution in [0, 0.1) is 0 Å². The van der Waals surface area contributed by atoms with Gasteiger partial charge in [0, 0.05) is 16.8 Å². The summed E-state index contributed by atoms with van der Waals surface area (Å²) in [5.41, 5.74) is 0.638. The Morgan fingerprint density at radius 1 is 1.25 bits per heavy atom. The molecule has 20 heavy (non-hydrogen) atoms. The number of carboxylic acid groups (broad SMARTS) is 1. The van der Waals surface area contributed by atoms with Gasteiger partial charge in [0.25, 0.3) is 0 Å². The van der Waals surface area contributed by atoms with Crippen LogP contribution in [0.25, 0.3) is 16.9 Å². The first-order chi connectivity index (χ1) is 9.58. The average Bonchev–Trinajstić information content (AvgIpc) is 2.80. The second-order valence-corrected chi connectivity index (χ2v) is 4.65. The number of hydrogen-bond acceptors (Lipinski definition) is 3. The van der Waals surface area contributed by atoms with Crippen molar-refractivity contribution in [1.29, 1.82) is 0 Å². The Labute approximate surface area is 118 Å². The van der Waals surface area contributed by atoms with Crippen LogP contribution < -0.4 is 0 Å². The summed E-state index contributed by atoms with van der Waals surface area (Å²) < 4.78 is 1.53. The van der Waals surface area contributed by atoms with Gasteiger partial charge in [-0.3, -0.25) is 4.40 Å². The minimum absolute atomic E-state index is 0.134. The van der Waals surface area contributed by atoms with Crippen LogP contribution in [0.4, 0.5) is 0 Å². The maximum Gasteiger partial charge on any atom is 0.356 e. The molecule has 0 amide bonds. The predicted octanol–water partition coefficient (Wildman–Crippen LogP) is 3.06. The van der Waals surface area contributed by atoms with Crippen LogP contribution in [0.1, 0.15) is 10.5 Å². The van der Waals surface area contributed by atoms with Crippen LogP contribution in [-0.4, -0.2) is 25.6 Å². The molecule has 0 spiro atoms. The quantitative estimate of drug-likeness (QED) is 0.760. The molecule has 6 heteroatoms. The summed E-state index contributed by atoms with van der Waals surface area (Å²) in [6, 6.07) is 9.97. The summed E-state index contributed by atoms with van der Waals surface area (Å²) in [5, 5.41) is 19.6. The third kappa shape index (κ3) is 1.88. The number of aromatic nitrogens is 2. The van der Waals surface area contributed by atoms with Gasteiger partial charge in [-0.15, -0.1) is 0 Å². The van der Waals surface area contributed by atoms with Crippen molar-refractivity contribution < 1.29 is 15.0 Å². The third-order valence-corrected chi connectivity index (χ3v) is 3.16. The smallest absolute Gasteiger partial charge is 0.356 e. The summed E-state index contributed by atoms with van der Waals surface area (Å²) in [4.78, 5) is 15.4. The van der Waals surface area contributed by atoms with Gasteiger partial charge >= 0.3 is 5.97 Å².